The predicted molar refractivity (Wildman–Crippen MR) is 138 cm³/mol. The van der Waals surface area contributed by atoms with Crippen molar-refractivity contribution in [1.82, 2.24) is 9.99 Å². The molecule has 0 bridgehead atoms. The number of carbonyl (C=O) groups excluding carboxylic acids is 2. The molecule has 0 aliphatic carbocycles. The number of ether oxygens (including phenoxy) is 2. The minimum absolute atomic E-state index is 0.0139. The van der Waals surface area contributed by atoms with E-state index >= 15 is 0 Å². The topological polar surface area (TPSA) is 156 Å². The van der Waals surface area contributed by atoms with Crippen LogP contribution in [0, 0.1) is 0 Å². The van der Waals surface area contributed by atoms with Gasteiger partial charge in [0, 0.05) is 23.9 Å². The van der Waals surface area contributed by atoms with E-state index in [0.717, 1.165) is 0 Å². The van der Waals surface area contributed by atoms with Crippen LogP contribution in [0.25, 0.3) is 6.08 Å². The molecule has 0 fully saturated rings. The number of nitrogens with one attached hydrogen (secondary N) is 1. The van der Waals surface area contributed by atoms with Crippen molar-refractivity contribution in [2.75, 3.05) is 11.9 Å². The van der Waals surface area contributed by atoms with E-state index in [-0.39, 0.29) is 36.4 Å². The number of fused-ring (bicyclic) bond motifs is 5. The minimum Gasteiger partial charge on any atom is -0.508 e. The number of pyridine rings is 1. The average Bonchev–Trinajstić information content (AvgIpc) is 3.16. The number of rotatable bonds is 4. The van der Waals surface area contributed by atoms with Crippen LogP contribution in [0.2, 0.25) is 0 Å². The van der Waals surface area contributed by atoms with Crippen LogP contribution in [0.3, 0.4) is 0 Å². The first-order valence-electron chi connectivity index (χ1n) is 12.4. The molecular weight excluding hydrogens is 492 g/mol. The van der Waals surface area contributed by atoms with Gasteiger partial charge in [0.2, 0.25) is 0 Å². The van der Waals surface area contributed by atoms with Crippen molar-refractivity contribution in [2.45, 2.75) is 70.1 Å². The lowest BCUT2D eigenvalue weighted by Gasteiger charge is -2.48. The van der Waals surface area contributed by atoms with Gasteiger partial charge in [-0.3, -0.25) is 15.4 Å². The number of benzene rings is 1. The normalized spacial score (nSPS) is 24.4. The summed E-state index contributed by atoms with van der Waals surface area (Å²) in [7, 11) is 1.76. The van der Waals surface area contributed by atoms with Crippen molar-refractivity contribution in [1.29, 1.82) is 0 Å². The largest absolute Gasteiger partial charge is 0.508 e. The number of cyclic esters (lactones) is 1. The second-order valence-electron chi connectivity index (χ2n) is 11.0. The van der Waals surface area contributed by atoms with Gasteiger partial charge in [-0.2, -0.15) is 0 Å². The van der Waals surface area contributed by atoms with Crippen molar-refractivity contribution in [3.05, 3.63) is 62.6 Å². The number of aromatic nitrogens is 1. The molecule has 1 aromatic carbocycles. The molecule has 4 heterocycles. The fraction of sp³-hybridized carbons (Fsp3) is 0.444. The Balaban J connectivity index is 1.85. The summed E-state index contributed by atoms with van der Waals surface area (Å²) < 4.78 is 12.4. The van der Waals surface area contributed by atoms with Crippen molar-refractivity contribution in [2.24, 2.45) is 5.84 Å². The van der Waals surface area contributed by atoms with E-state index in [2.05, 4.69) is 5.43 Å². The predicted octanol–water partition coefficient (Wildman–Crippen LogP) is 1.12. The van der Waals surface area contributed by atoms with Crippen LogP contribution in [0.4, 0.5) is 5.69 Å². The molecule has 1 aromatic heterocycles. The standard InChI is InChI=1S/C27H32N4O7/c1-6-26(36)18-11-20-27(21(29-28)23(34)38-25(2,3)4)15(9-14-10-16(32)7-8-19(14)30(27)5)12-31(20)22(33)17(18)13-37-24(26)35/h7-11,21,29,32,36H,6,12-13,28H2,1-5H3. The third-order valence-corrected chi connectivity index (χ3v) is 7.71. The van der Waals surface area contributed by atoms with Crippen LogP contribution in [0.15, 0.2) is 34.6 Å². The summed E-state index contributed by atoms with van der Waals surface area (Å²) in [6.07, 6.45) is 1.81. The number of esters is 2. The number of phenolic OH excluding ortho intramolecular Hbond substituents is 1. The molecule has 3 aliphatic heterocycles. The number of phenols is 1. The fourth-order valence-electron chi connectivity index (χ4n) is 5.96. The molecule has 2 aromatic rings. The second kappa shape index (κ2) is 8.42. The lowest BCUT2D eigenvalue weighted by Crippen LogP contribution is -2.65. The molecule has 5 N–H and O–H groups in total. The van der Waals surface area contributed by atoms with Gasteiger partial charge in [0.15, 0.2) is 11.6 Å². The summed E-state index contributed by atoms with van der Waals surface area (Å²) in [5.74, 6) is 4.64. The zero-order chi connectivity index (χ0) is 27.8. The van der Waals surface area contributed by atoms with Gasteiger partial charge in [0.1, 0.15) is 23.5 Å². The number of nitrogens with two attached hydrogens (primary N) is 1. The molecule has 11 heteroatoms. The SMILES string of the molecule is CCC1(O)C(=O)OCc2c1cc1n(c2=O)CC2=Cc3cc(O)ccc3N(C)C21C(NN)C(=O)OC(C)(C)C. The molecule has 5 rings (SSSR count). The van der Waals surface area contributed by atoms with Gasteiger partial charge in [-0.25, -0.2) is 10.2 Å². The summed E-state index contributed by atoms with van der Waals surface area (Å²) >= 11 is 0. The molecule has 0 saturated heterocycles. The zero-order valence-electron chi connectivity index (χ0n) is 22.0. The number of hydrogen-bond donors (Lipinski definition) is 4. The van der Waals surface area contributed by atoms with Crippen LogP contribution in [-0.2, 0) is 43.4 Å². The first-order chi connectivity index (χ1) is 17.8. The number of nitrogens with zero attached hydrogens (tertiary/aromatic N) is 2. The van der Waals surface area contributed by atoms with Crippen molar-refractivity contribution in [3.63, 3.8) is 0 Å². The molecule has 3 aliphatic rings. The highest BCUT2D eigenvalue weighted by molar-refractivity contribution is 5.88. The molecule has 11 nitrogen and oxygen atoms in total. The number of likely N-dealkylation sites (N-methyl/N-ethyl adjacent to an activating group) is 1. The van der Waals surface area contributed by atoms with E-state index in [1.54, 1.807) is 52.9 Å². The van der Waals surface area contributed by atoms with E-state index in [1.807, 2.05) is 11.0 Å². The van der Waals surface area contributed by atoms with Crippen LogP contribution >= 0.6 is 0 Å². The quantitative estimate of drug-likeness (QED) is 0.260. The lowest BCUT2D eigenvalue weighted by molar-refractivity contribution is -0.172. The number of aliphatic hydroxyl groups is 1. The highest BCUT2D eigenvalue weighted by atomic mass is 16.6. The Kier molecular flexibility index (Phi) is 5.75. The molecule has 0 saturated carbocycles. The number of hydrogen-bond acceptors (Lipinski definition) is 10. The Bertz CT molecular complexity index is 1460. The summed E-state index contributed by atoms with van der Waals surface area (Å²) in [5.41, 5.74) is 0.663. The first kappa shape index (κ1) is 26.0. The Hall–Kier alpha value is -3.67. The van der Waals surface area contributed by atoms with E-state index in [1.165, 1.54) is 10.6 Å². The monoisotopic (exact) mass is 524 g/mol. The molecule has 38 heavy (non-hydrogen) atoms. The van der Waals surface area contributed by atoms with Gasteiger partial charge in [0.05, 0.1) is 17.8 Å². The van der Waals surface area contributed by atoms with Crippen LogP contribution in [0.5, 0.6) is 5.75 Å². The van der Waals surface area contributed by atoms with Crippen molar-refractivity contribution >= 4 is 23.7 Å². The Morgan fingerprint density at radius 3 is 2.63 bits per heavy atom. The molecule has 0 amide bonds. The van der Waals surface area contributed by atoms with Gasteiger partial charge in [-0.15, -0.1) is 0 Å². The minimum atomic E-state index is -2.02. The van der Waals surface area contributed by atoms with Crippen molar-refractivity contribution < 1.29 is 29.3 Å². The van der Waals surface area contributed by atoms with Gasteiger partial charge in [-0.1, -0.05) is 6.92 Å². The summed E-state index contributed by atoms with van der Waals surface area (Å²) in [5, 5.41) is 21.5. The molecule has 3 unspecified atom stereocenters. The maximum Gasteiger partial charge on any atom is 0.343 e. The van der Waals surface area contributed by atoms with E-state index in [9.17, 15) is 24.6 Å². The number of hydrazine groups is 1. The van der Waals surface area contributed by atoms with Gasteiger partial charge in [-0.05, 0) is 63.1 Å². The Labute approximate surface area is 219 Å². The summed E-state index contributed by atoms with van der Waals surface area (Å²) in [4.78, 5) is 42.0. The fourth-order valence-corrected chi connectivity index (χ4v) is 5.96. The van der Waals surface area contributed by atoms with Crippen molar-refractivity contribution in [3.8, 4) is 5.75 Å². The van der Waals surface area contributed by atoms with Crippen LogP contribution in [-0.4, -0.2) is 45.4 Å². The molecule has 0 spiro atoms. The molecular formula is C27H32N4O7. The number of anilines is 1. The van der Waals surface area contributed by atoms with Crippen LogP contribution < -0.4 is 21.7 Å². The van der Waals surface area contributed by atoms with E-state index in [0.29, 0.717) is 22.5 Å². The Morgan fingerprint density at radius 1 is 1.29 bits per heavy atom. The molecule has 0 radical (unpaired) electrons. The second-order valence-corrected chi connectivity index (χ2v) is 11.0. The van der Waals surface area contributed by atoms with Gasteiger partial charge < -0.3 is 29.2 Å². The Morgan fingerprint density at radius 2 is 2.00 bits per heavy atom. The average molecular weight is 525 g/mol. The van der Waals surface area contributed by atoms with Crippen LogP contribution in [0.1, 0.15) is 56.5 Å². The molecule has 202 valence electrons. The van der Waals surface area contributed by atoms with E-state index < -0.39 is 40.3 Å². The number of carbonyl (C=O) groups is 2. The van der Waals surface area contributed by atoms with Gasteiger partial charge >= 0.3 is 11.9 Å². The third-order valence-electron chi connectivity index (χ3n) is 7.71. The lowest BCUT2D eigenvalue weighted by atomic mass is 9.75. The maximum atomic E-state index is 13.9. The molecule has 3 atom stereocenters. The smallest absolute Gasteiger partial charge is 0.343 e. The first-order valence-corrected chi connectivity index (χ1v) is 12.4. The maximum absolute atomic E-state index is 13.9. The van der Waals surface area contributed by atoms with E-state index in [4.69, 9.17) is 15.3 Å². The third kappa shape index (κ3) is 3.42. The zero-order valence-corrected chi connectivity index (χ0v) is 22.0. The highest BCUT2D eigenvalue weighted by Gasteiger charge is 2.59. The highest BCUT2D eigenvalue weighted by Crippen LogP contribution is 2.52. The van der Waals surface area contributed by atoms with Gasteiger partial charge in [0.25, 0.3) is 5.56 Å². The number of aromatic hydroxyl groups is 1. The summed E-state index contributed by atoms with van der Waals surface area (Å²) in [6.45, 7) is 6.68. The summed E-state index contributed by atoms with van der Waals surface area (Å²) in [6, 6.07) is 5.25.